The molecular weight excluding hydrogens is 434 g/mol. The highest BCUT2D eigenvalue weighted by Gasteiger charge is 2.28. The van der Waals surface area contributed by atoms with Crippen molar-refractivity contribution < 1.29 is 29.4 Å². The molecule has 182 valence electrons. The summed E-state index contributed by atoms with van der Waals surface area (Å²) in [5.41, 5.74) is 22.0. The van der Waals surface area contributed by atoms with Gasteiger partial charge < -0.3 is 43.8 Å². The number of carbonyl (C=O) groups excluding carboxylic acids is 3. The molecule has 3 amide bonds. The third kappa shape index (κ3) is 10.8. The van der Waals surface area contributed by atoms with Crippen LogP contribution < -0.4 is 33.6 Å². The minimum Gasteiger partial charge on any atom is -0.508 e. The van der Waals surface area contributed by atoms with Gasteiger partial charge in [-0.3, -0.25) is 19.4 Å². The van der Waals surface area contributed by atoms with E-state index in [1.807, 2.05) is 0 Å². The largest absolute Gasteiger partial charge is 0.508 e. The summed E-state index contributed by atoms with van der Waals surface area (Å²) in [6.45, 7) is 0.270. The molecule has 12 N–H and O–H groups in total. The number of guanidine groups is 1. The first-order valence-corrected chi connectivity index (χ1v) is 10.2. The van der Waals surface area contributed by atoms with Crippen LogP contribution in [0.3, 0.4) is 0 Å². The number of nitrogens with two attached hydrogens (primary N) is 4. The van der Waals surface area contributed by atoms with E-state index < -0.39 is 41.8 Å². The summed E-state index contributed by atoms with van der Waals surface area (Å²) >= 11 is 0. The Bertz CT molecular complexity index is 855. The summed E-state index contributed by atoms with van der Waals surface area (Å²) in [4.78, 5) is 51.8. The smallest absolute Gasteiger partial charge is 0.326 e. The van der Waals surface area contributed by atoms with Crippen LogP contribution in [0, 0.1) is 0 Å². The van der Waals surface area contributed by atoms with Crippen molar-refractivity contribution >= 4 is 29.7 Å². The van der Waals surface area contributed by atoms with Gasteiger partial charge in [-0.1, -0.05) is 12.1 Å². The number of carboxylic acid groups (broad SMARTS) is 1. The molecule has 1 aromatic carbocycles. The number of primary amides is 1. The number of carboxylic acids is 1. The number of aliphatic carboxylic acids is 1. The second-order valence-electron chi connectivity index (χ2n) is 7.39. The Kier molecular flexibility index (Phi) is 11.1. The molecule has 1 rings (SSSR count). The first kappa shape index (κ1) is 27.2. The summed E-state index contributed by atoms with van der Waals surface area (Å²) in [5.74, 6) is -3.52. The lowest BCUT2D eigenvalue weighted by Crippen LogP contribution is -2.55. The van der Waals surface area contributed by atoms with Gasteiger partial charge in [0.15, 0.2) is 5.96 Å². The maximum absolute atomic E-state index is 12.7. The number of benzene rings is 1. The van der Waals surface area contributed by atoms with Crippen molar-refractivity contribution in [2.24, 2.45) is 27.9 Å². The summed E-state index contributed by atoms with van der Waals surface area (Å²) < 4.78 is 0. The van der Waals surface area contributed by atoms with E-state index in [0.29, 0.717) is 12.0 Å². The van der Waals surface area contributed by atoms with Gasteiger partial charge in [0.05, 0.1) is 6.04 Å². The van der Waals surface area contributed by atoms with Gasteiger partial charge in [0, 0.05) is 19.4 Å². The number of nitrogens with zero attached hydrogens (tertiary/aromatic N) is 1. The highest BCUT2D eigenvalue weighted by atomic mass is 16.4. The monoisotopic (exact) mass is 465 g/mol. The molecule has 0 aromatic heterocycles. The number of aromatic hydroxyl groups is 1. The fourth-order valence-corrected chi connectivity index (χ4v) is 2.82. The van der Waals surface area contributed by atoms with Gasteiger partial charge in [-0.05, 0) is 37.0 Å². The number of hydrogen-bond donors (Lipinski definition) is 8. The average molecular weight is 466 g/mol. The Morgan fingerprint density at radius 3 is 2.09 bits per heavy atom. The van der Waals surface area contributed by atoms with Crippen LogP contribution in [0.25, 0.3) is 0 Å². The maximum Gasteiger partial charge on any atom is 0.326 e. The van der Waals surface area contributed by atoms with Crippen LogP contribution in [0.1, 0.15) is 31.2 Å². The van der Waals surface area contributed by atoms with E-state index in [0.717, 1.165) is 0 Å². The van der Waals surface area contributed by atoms with Gasteiger partial charge in [0.25, 0.3) is 0 Å². The molecule has 3 atom stereocenters. The number of hydrogen-bond acceptors (Lipinski definition) is 7. The lowest BCUT2D eigenvalue weighted by Gasteiger charge is -2.22. The van der Waals surface area contributed by atoms with Crippen molar-refractivity contribution in [3.05, 3.63) is 29.8 Å². The third-order valence-electron chi connectivity index (χ3n) is 4.61. The second kappa shape index (κ2) is 13.5. The zero-order chi connectivity index (χ0) is 25.0. The predicted molar refractivity (Wildman–Crippen MR) is 120 cm³/mol. The Hall–Kier alpha value is -3.87. The molecule has 0 saturated heterocycles. The molecule has 0 bridgehead atoms. The molecule has 0 heterocycles. The molecule has 0 saturated carbocycles. The van der Waals surface area contributed by atoms with E-state index in [2.05, 4.69) is 15.6 Å². The second-order valence-corrected chi connectivity index (χ2v) is 7.39. The number of phenolic OH excluding ortho intramolecular Hbond substituents is 1. The molecule has 0 spiro atoms. The zero-order valence-electron chi connectivity index (χ0n) is 18.1. The first-order chi connectivity index (χ1) is 15.5. The number of aliphatic imine (C=N–C) groups is 1. The van der Waals surface area contributed by atoms with E-state index in [1.54, 1.807) is 0 Å². The molecule has 0 aliphatic rings. The number of rotatable bonds is 14. The maximum atomic E-state index is 12.7. The van der Waals surface area contributed by atoms with Gasteiger partial charge in [0.2, 0.25) is 17.7 Å². The molecule has 0 unspecified atom stereocenters. The van der Waals surface area contributed by atoms with Gasteiger partial charge >= 0.3 is 5.97 Å². The molecule has 33 heavy (non-hydrogen) atoms. The van der Waals surface area contributed by atoms with Crippen molar-refractivity contribution in [3.63, 3.8) is 0 Å². The summed E-state index contributed by atoms with van der Waals surface area (Å²) in [6, 6.07) is 2.30. The SMILES string of the molecule is NC(=O)CC[C@H](NC(=O)[C@@H](N)CCCN=C(N)N)C(=O)N[C@@H](Cc1ccc(O)cc1)C(=O)O. The van der Waals surface area contributed by atoms with Crippen molar-refractivity contribution in [2.45, 2.75) is 50.2 Å². The lowest BCUT2D eigenvalue weighted by molar-refractivity contribution is -0.142. The summed E-state index contributed by atoms with van der Waals surface area (Å²) in [7, 11) is 0. The Labute approximate surface area is 190 Å². The molecule has 1 aromatic rings. The first-order valence-electron chi connectivity index (χ1n) is 10.2. The number of carbonyl (C=O) groups is 4. The van der Waals surface area contributed by atoms with Gasteiger partial charge in [0.1, 0.15) is 17.8 Å². The van der Waals surface area contributed by atoms with E-state index in [-0.39, 0.29) is 43.9 Å². The summed E-state index contributed by atoms with van der Waals surface area (Å²) in [6.07, 6.45) is 0.221. The molecule has 0 radical (unpaired) electrons. The van der Waals surface area contributed by atoms with E-state index in [1.165, 1.54) is 24.3 Å². The zero-order valence-corrected chi connectivity index (χ0v) is 18.1. The Balaban J connectivity index is 2.81. The van der Waals surface area contributed by atoms with Gasteiger partial charge in [-0.25, -0.2) is 4.79 Å². The Morgan fingerprint density at radius 2 is 1.55 bits per heavy atom. The van der Waals surface area contributed by atoms with Crippen LogP contribution in [0.15, 0.2) is 29.3 Å². The quantitative estimate of drug-likeness (QED) is 0.0829. The predicted octanol–water partition coefficient (Wildman–Crippen LogP) is -2.36. The van der Waals surface area contributed by atoms with Crippen LogP contribution in [-0.2, 0) is 25.6 Å². The van der Waals surface area contributed by atoms with E-state index in [9.17, 15) is 29.4 Å². The van der Waals surface area contributed by atoms with E-state index >= 15 is 0 Å². The standard InChI is InChI=1S/C20H31N7O6/c21-13(2-1-9-25-20(23)24)17(30)26-14(7-8-16(22)29)18(31)27-15(19(32)33)10-11-3-5-12(28)6-4-11/h3-6,13-15,28H,1-2,7-10,21H2,(H2,22,29)(H,26,30)(H,27,31)(H,32,33)(H4,23,24,25)/t13-,14-,15-/m0/s1. The van der Waals surface area contributed by atoms with Gasteiger partial charge in [-0.15, -0.1) is 0 Å². The third-order valence-corrected chi connectivity index (χ3v) is 4.61. The number of nitrogens with one attached hydrogen (secondary N) is 2. The molecule has 13 heteroatoms. The van der Waals surface area contributed by atoms with Crippen LogP contribution in [0.5, 0.6) is 5.75 Å². The van der Waals surface area contributed by atoms with Crippen molar-refractivity contribution in [1.82, 2.24) is 10.6 Å². The van der Waals surface area contributed by atoms with Crippen molar-refractivity contribution in [3.8, 4) is 5.75 Å². The fraction of sp³-hybridized carbons (Fsp3) is 0.450. The molecular formula is C20H31N7O6. The Morgan fingerprint density at radius 1 is 0.939 bits per heavy atom. The molecule has 0 aliphatic carbocycles. The van der Waals surface area contributed by atoms with Crippen LogP contribution in [-0.4, -0.2) is 64.5 Å². The molecule has 0 fully saturated rings. The average Bonchev–Trinajstić information content (AvgIpc) is 2.74. The fourth-order valence-electron chi connectivity index (χ4n) is 2.82. The van der Waals surface area contributed by atoms with Crippen LogP contribution in [0.4, 0.5) is 0 Å². The normalized spacial score (nSPS) is 13.2. The minimum atomic E-state index is -1.32. The highest BCUT2D eigenvalue weighted by Crippen LogP contribution is 2.12. The minimum absolute atomic E-state index is 0.0125. The van der Waals surface area contributed by atoms with Crippen molar-refractivity contribution in [1.29, 1.82) is 0 Å². The molecule has 13 nitrogen and oxygen atoms in total. The summed E-state index contributed by atoms with van der Waals surface area (Å²) in [5, 5.41) is 23.6. The molecule has 0 aliphatic heterocycles. The van der Waals surface area contributed by atoms with Gasteiger partial charge in [-0.2, -0.15) is 0 Å². The van der Waals surface area contributed by atoms with E-state index in [4.69, 9.17) is 22.9 Å². The van der Waals surface area contributed by atoms with Crippen LogP contribution in [0.2, 0.25) is 0 Å². The number of amides is 3. The highest BCUT2D eigenvalue weighted by molar-refractivity contribution is 5.92. The van der Waals surface area contributed by atoms with Crippen LogP contribution >= 0.6 is 0 Å². The lowest BCUT2D eigenvalue weighted by atomic mass is 10.0. The number of phenols is 1. The van der Waals surface area contributed by atoms with Crippen molar-refractivity contribution in [2.75, 3.05) is 6.54 Å². The topological polar surface area (TPSA) is 249 Å².